The van der Waals surface area contributed by atoms with Gasteiger partial charge in [-0.1, -0.05) is 24.3 Å². The molecule has 0 fully saturated rings. The van der Waals surface area contributed by atoms with Crippen molar-refractivity contribution in [1.29, 1.82) is 0 Å². The SMILES string of the molecule is Cc1nc(-c2ccc(NCc3cccc(COC(C)C)c3)nc2)[nH]c(=O)c1C. The van der Waals surface area contributed by atoms with Gasteiger partial charge in [0.1, 0.15) is 11.6 Å². The lowest BCUT2D eigenvalue weighted by molar-refractivity contribution is 0.0657. The van der Waals surface area contributed by atoms with E-state index in [-0.39, 0.29) is 11.7 Å². The van der Waals surface area contributed by atoms with E-state index in [4.69, 9.17) is 4.74 Å². The van der Waals surface area contributed by atoms with Crippen molar-refractivity contribution in [3.05, 3.63) is 75.3 Å². The maximum Gasteiger partial charge on any atom is 0.254 e. The maximum atomic E-state index is 11.9. The number of ether oxygens (including phenoxy) is 1. The van der Waals surface area contributed by atoms with Gasteiger partial charge in [0.05, 0.1) is 12.7 Å². The van der Waals surface area contributed by atoms with Crippen molar-refractivity contribution in [2.75, 3.05) is 5.32 Å². The minimum Gasteiger partial charge on any atom is -0.374 e. The van der Waals surface area contributed by atoms with Gasteiger partial charge in [-0.15, -0.1) is 0 Å². The summed E-state index contributed by atoms with van der Waals surface area (Å²) in [5, 5.41) is 3.32. The Morgan fingerprint density at radius 2 is 1.93 bits per heavy atom. The summed E-state index contributed by atoms with van der Waals surface area (Å²) in [5.74, 6) is 1.30. The van der Waals surface area contributed by atoms with Crippen LogP contribution in [0.5, 0.6) is 0 Å². The quantitative estimate of drug-likeness (QED) is 0.650. The fraction of sp³-hybridized carbons (Fsp3) is 0.318. The zero-order chi connectivity index (χ0) is 20.1. The standard InChI is InChI=1S/C22H26N4O2/c1-14(2)28-13-18-7-5-6-17(10-18)11-23-20-9-8-19(12-24-20)21-25-16(4)15(3)22(27)26-21/h5-10,12,14H,11,13H2,1-4H3,(H,23,24)(H,25,26,27). The first-order chi connectivity index (χ1) is 13.4. The van der Waals surface area contributed by atoms with Gasteiger partial charge in [0.15, 0.2) is 0 Å². The lowest BCUT2D eigenvalue weighted by atomic mass is 10.1. The van der Waals surface area contributed by atoms with Crippen molar-refractivity contribution in [1.82, 2.24) is 15.0 Å². The normalized spacial score (nSPS) is 11.0. The monoisotopic (exact) mass is 378 g/mol. The van der Waals surface area contributed by atoms with Crippen LogP contribution < -0.4 is 10.9 Å². The lowest BCUT2D eigenvalue weighted by Crippen LogP contribution is -2.14. The van der Waals surface area contributed by atoms with Gasteiger partial charge in [-0.3, -0.25) is 4.79 Å². The third kappa shape index (κ3) is 5.04. The molecule has 0 saturated carbocycles. The molecule has 0 aliphatic heterocycles. The van der Waals surface area contributed by atoms with Gasteiger partial charge in [-0.25, -0.2) is 9.97 Å². The number of aryl methyl sites for hydroxylation is 1. The summed E-state index contributed by atoms with van der Waals surface area (Å²) in [6, 6.07) is 12.1. The number of H-pyrrole nitrogens is 1. The highest BCUT2D eigenvalue weighted by Gasteiger charge is 2.07. The fourth-order valence-electron chi connectivity index (χ4n) is 2.71. The number of nitrogens with one attached hydrogen (secondary N) is 2. The molecule has 0 aliphatic rings. The van der Waals surface area contributed by atoms with Crippen LogP contribution in [-0.2, 0) is 17.9 Å². The van der Waals surface area contributed by atoms with E-state index in [9.17, 15) is 4.79 Å². The summed E-state index contributed by atoms with van der Waals surface area (Å²) in [6.45, 7) is 8.94. The molecule has 146 valence electrons. The number of nitrogens with zero attached hydrogens (tertiary/aromatic N) is 2. The summed E-state index contributed by atoms with van der Waals surface area (Å²) in [6.07, 6.45) is 1.92. The Labute approximate surface area is 165 Å². The molecule has 0 aliphatic carbocycles. The minimum absolute atomic E-state index is 0.119. The van der Waals surface area contributed by atoms with Crippen molar-refractivity contribution in [2.24, 2.45) is 0 Å². The van der Waals surface area contributed by atoms with Crippen molar-refractivity contribution in [3.63, 3.8) is 0 Å². The second-order valence-electron chi connectivity index (χ2n) is 7.09. The molecule has 6 heteroatoms. The molecule has 6 nitrogen and oxygen atoms in total. The fourth-order valence-corrected chi connectivity index (χ4v) is 2.71. The van der Waals surface area contributed by atoms with Crippen LogP contribution in [0.4, 0.5) is 5.82 Å². The van der Waals surface area contributed by atoms with Gasteiger partial charge >= 0.3 is 0 Å². The van der Waals surface area contributed by atoms with Crippen LogP contribution in [0.25, 0.3) is 11.4 Å². The lowest BCUT2D eigenvalue weighted by Gasteiger charge is -2.10. The van der Waals surface area contributed by atoms with E-state index < -0.39 is 0 Å². The molecular weight excluding hydrogens is 352 g/mol. The molecule has 2 aromatic heterocycles. The number of pyridine rings is 1. The van der Waals surface area contributed by atoms with Crippen LogP contribution >= 0.6 is 0 Å². The summed E-state index contributed by atoms with van der Waals surface area (Å²) >= 11 is 0. The summed E-state index contributed by atoms with van der Waals surface area (Å²) < 4.78 is 5.66. The van der Waals surface area contributed by atoms with Gasteiger partial charge in [-0.2, -0.15) is 0 Å². The van der Waals surface area contributed by atoms with Gasteiger partial charge in [0, 0.05) is 29.6 Å². The highest BCUT2D eigenvalue weighted by molar-refractivity contribution is 5.56. The third-order valence-electron chi connectivity index (χ3n) is 4.48. The van der Waals surface area contributed by atoms with Crippen molar-refractivity contribution in [3.8, 4) is 11.4 Å². The molecule has 28 heavy (non-hydrogen) atoms. The Balaban J connectivity index is 1.65. The second kappa shape index (κ2) is 8.80. The van der Waals surface area contributed by atoms with Crippen LogP contribution in [0.15, 0.2) is 47.4 Å². The first-order valence-electron chi connectivity index (χ1n) is 9.39. The molecule has 0 bridgehead atoms. The van der Waals surface area contributed by atoms with E-state index in [2.05, 4.69) is 38.5 Å². The molecule has 0 saturated heterocycles. The molecule has 0 radical (unpaired) electrons. The van der Waals surface area contributed by atoms with Crippen LogP contribution in [0.2, 0.25) is 0 Å². The van der Waals surface area contributed by atoms with E-state index in [1.165, 1.54) is 0 Å². The summed E-state index contributed by atoms with van der Waals surface area (Å²) in [4.78, 5) is 23.6. The van der Waals surface area contributed by atoms with Gasteiger partial charge in [0.2, 0.25) is 0 Å². The molecule has 0 atom stereocenters. The number of hydrogen-bond acceptors (Lipinski definition) is 5. The van der Waals surface area contributed by atoms with E-state index in [1.54, 1.807) is 13.1 Å². The van der Waals surface area contributed by atoms with Crippen LogP contribution in [0, 0.1) is 13.8 Å². The topological polar surface area (TPSA) is 79.9 Å². The average Bonchev–Trinajstić information content (AvgIpc) is 2.69. The molecule has 0 amide bonds. The molecule has 0 unspecified atom stereocenters. The van der Waals surface area contributed by atoms with E-state index in [1.807, 2.05) is 39.0 Å². The number of aromatic amines is 1. The van der Waals surface area contributed by atoms with Crippen LogP contribution in [0.1, 0.15) is 36.2 Å². The predicted molar refractivity (Wildman–Crippen MR) is 111 cm³/mol. The summed E-state index contributed by atoms with van der Waals surface area (Å²) in [7, 11) is 0. The minimum atomic E-state index is -0.119. The second-order valence-corrected chi connectivity index (χ2v) is 7.09. The molecule has 1 aromatic carbocycles. The van der Waals surface area contributed by atoms with Crippen molar-refractivity contribution >= 4 is 5.82 Å². The first kappa shape index (κ1) is 19.8. The molecule has 3 rings (SSSR count). The molecular formula is C22H26N4O2. The zero-order valence-corrected chi connectivity index (χ0v) is 16.7. The van der Waals surface area contributed by atoms with Crippen LogP contribution in [-0.4, -0.2) is 21.1 Å². The first-order valence-corrected chi connectivity index (χ1v) is 9.39. The Morgan fingerprint density at radius 1 is 1.14 bits per heavy atom. The molecule has 0 spiro atoms. The zero-order valence-electron chi connectivity index (χ0n) is 16.7. The highest BCUT2D eigenvalue weighted by Crippen LogP contribution is 2.16. The Bertz CT molecular complexity index is 994. The maximum absolute atomic E-state index is 11.9. The highest BCUT2D eigenvalue weighted by atomic mass is 16.5. The van der Waals surface area contributed by atoms with E-state index >= 15 is 0 Å². The van der Waals surface area contributed by atoms with Crippen molar-refractivity contribution < 1.29 is 4.74 Å². The Hall–Kier alpha value is -2.99. The number of aromatic nitrogens is 3. The van der Waals surface area contributed by atoms with Gasteiger partial charge in [0.25, 0.3) is 5.56 Å². The summed E-state index contributed by atoms with van der Waals surface area (Å²) in [5.41, 5.74) is 4.33. The van der Waals surface area contributed by atoms with Gasteiger partial charge in [-0.05, 0) is 51.0 Å². The Morgan fingerprint density at radius 3 is 2.61 bits per heavy atom. The van der Waals surface area contributed by atoms with E-state index in [0.29, 0.717) is 24.5 Å². The van der Waals surface area contributed by atoms with Crippen molar-refractivity contribution in [2.45, 2.75) is 47.0 Å². The number of benzene rings is 1. The number of hydrogen-bond donors (Lipinski definition) is 2. The molecule has 3 aromatic rings. The molecule has 2 heterocycles. The van der Waals surface area contributed by atoms with Gasteiger partial charge < -0.3 is 15.0 Å². The third-order valence-corrected chi connectivity index (χ3v) is 4.48. The van der Waals surface area contributed by atoms with Crippen LogP contribution in [0.3, 0.4) is 0 Å². The molecule has 2 N–H and O–H groups in total. The number of rotatable bonds is 7. The van der Waals surface area contributed by atoms with E-state index in [0.717, 1.165) is 28.2 Å². The Kier molecular flexibility index (Phi) is 6.21. The predicted octanol–water partition coefficient (Wildman–Crippen LogP) is 3.99. The number of anilines is 1. The average molecular weight is 378 g/mol. The smallest absolute Gasteiger partial charge is 0.254 e. The largest absolute Gasteiger partial charge is 0.374 e.